The summed E-state index contributed by atoms with van der Waals surface area (Å²) in [4.78, 5) is 41.5. The van der Waals surface area contributed by atoms with Crippen LogP contribution in [0.4, 0.5) is 9.59 Å². The third-order valence-corrected chi connectivity index (χ3v) is 11.1. The summed E-state index contributed by atoms with van der Waals surface area (Å²) in [5, 5.41) is 51.7. The van der Waals surface area contributed by atoms with Gasteiger partial charge in [0.2, 0.25) is 5.91 Å². The molecule has 58 heavy (non-hydrogen) atoms. The van der Waals surface area contributed by atoms with Crippen molar-refractivity contribution in [2.75, 3.05) is 46.4 Å². The number of nitrogens with one attached hydrogen (secondary N) is 2. The molecule has 19 nitrogen and oxygen atoms in total. The summed E-state index contributed by atoms with van der Waals surface area (Å²) in [6.45, 7) is 14.0. The number of likely N-dealkylation sites (N-methyl/N-ethyl adjacent to an activating group) is 1. The molecule has 3 fully saturated rings. The molecule has 0 aromatic heterocycles. The first-order valence-electron chi connectivity index (χ1n) is 20.5. The molecule has 3 heterocycles. The molecule has 1 saturated carbocycles. The van der Waals surface area contributed by atoms with E-state index < -0.39 is 95.7 Å². The van der Waals surface area contributed by atoms with Crippen LogP contribution in [0.15, 0.2) is 11.8 Å². The van der Waals surface area contributed by atoms with Crippen molar-refractivity contribution in [2.45, 2.75) is 158 Å². The zero-order valence-corrected chi connectivity index (χ0v) is 35.5. The van der Waals surface area contributed by atoms with Crippen LogP contribution < -0.4 is 27.8 Å². The van der Waals surface area contributed by atoms with Gasteiger partial charge in [0, 0.05) is 38.1 Å². The lowest BCUT2D eigenvalue weighted by molar-refractivity contribution is -0.305. The molecular weight excluding hydrogens is 758 g/mol. The number of carbonyl (C=O) groups excluding carboxylic acids is 3. The SMILES string of the molecule is CN(C(=O)OC(C)(C)C)[C@@H]1[C@@H](O)[C@@H](O[C@H]2[C@H](NC(=O)[C@H](O)CCN)C[C@H](N)C([C@H]3OC(CNCC4CCN(C(=O)OC(C)(C)C)CC4)=CC[C@H]3N)[C@@H]2O)OC[C@]1(C)O. The predicted octanol–water partition coefficient (Wildman–Crippen LogP) is -0.785. The molecule has 334 valence electrons. The lowest BCUT2D eigenvalue weighted by Crippen LogP contribution is -2.70. The van der Waals surface area contributed by atoms with Crippen LogP contribution in [0.3, 0.4) is 0 Å². The van der Waals surface area contributed by atoms with Crippen molar-refractivity contribution in [2.24, 2.45) is 29.0 Å². The third kappa shape index (κ3) is 12.6. The average Bonchev–Trinajstić information content (AvgIpc) is 3.10. The van der Waals surface area contributed by atoms with E-state index >= 15 is 0 Å². The molecule has 4 rings (SSSR count). The summed E-state index contributed by atoms with van der Waals surface area (Å²) in [7, 11) is 1.38. The van der Waals surface area contributed by atoms with Gasteiger partial charge in [-0.05, 0) is 106 Å². The van der Waals surface area contributed by atoms with Gasteiger partial charge in [-0.3, -0.25) is 4.79 Å². The molecule has 3 aliphatic heterocycles. The molecule has 0 bridgehead atoms. The fraction of sp³-hybridized carbons (Fsp3) is 0.872. The van der Waals surface area contributed by atoms with E-state index in [4.69, 9.17) is 40.9 Å². The van der Waals surface area contributed by atoms with E-state index in [1.807, 2.05) is 26.8 Å². The van der Waals surface area contributed by atoms with Crippen LogP contribution in [0.5, 0.6) is 0 Å². The Morgan fingerprint density at radius 2 is 1.69 bits per heavy atom. The predicted molar refractivity (Wildman–Crippen MR) is 212 cm³/mol. The fourth-order valence-corrected chi connectivity index (χ4v) is 8.17. The van der Waals surface area contributed by atoms with Crippen LogP contribution in [-0.2, 0) is 28.5 Å². The van der Waals surface area contributed by atoms with Gasteiger partial charge in [-0.25, -0.2) is 9.59 Å². The van der Waals surface area contributed by atoms with Gasteiger partial charge in [-0.15, -0.1) is 0 Å². The number of carbonyl (C=O) groups is 3. The van der Waals surface area contributed by atoms with E-state index in [2.05, 4.69) is 10.6 Å². The Morgan fingerprint density at radius 1 is 1.05 bits per heavy atom. The Morgan fingerprint density at radius 3 is 2.29 bits per heavy atom. The standard InChI is InChI=1S/C39H71N7O12/c1-37(2,3)57-35(51)45(8)32-29(49)34(54-20-39(32,7)53)56-31-25(44-33(50)26(47)11-14-40)17-24(42)27(28(31)48)30-23(41)10-9-22(55-30)19-43-18-21-12-15-46(16-13-21)36(52)58-38(4,5)6/h9,21,23-32,34,43,47-49,53H,10-20,40-42H2,1-8H3,(H,44,50)/t23-,24+,25-,26-,27?,28+,29-,30+,31+,32-,34-,39+/m1/s1. The highest BCUT2D eigenvalue weighted by molar-refractivity contribution is 5.80. The summed E-state index contributed by atoms with van der Waals surface area (Å²) in [6.07, 6.45) is -5.21. The zero-order chi connectivity index (χ0) is 43.3. The van der Waals surface area contributed by atoms with Gasteiger partial charge in [0.25, 0.3) is 0 Å². The summed E-state index contributed by atoms with van der Waals surface area (Å²) < 4.78 is 29.6. The maximum absolute atomic E-state index is 13.1. The number of nitrogens with two attached hydrogens (primary N) is 3. The number of likely N-dealkylation sites (tertiary alicyclic amines) is 1. The van der Waals surface area contributed by atoms with Crippen LogP contribution in [0.2, 0.25) is 0 Å². The molecule has 0 spiro atoms. The zero-order valence-electron chi connectivity index (χ0n) is 35.5. The number of hydrogen-bond donors (Lipinski definition) is 9. The lowest BCUT2D eigenvalue weighted by atomic mass is 9.72. The van der Waals surface area contributed by atoms with E-state index in [0.29, 0.717) is 44.3 Å². The molecule has 3 amide bonds. The molecule has 1 aliphatic carbocycles. The Hall–Kier alpha value is -2.85. The van der Waals surface area contributed by atoms with E-state index in [9.17, 15) is 34.8 Å². The topological polar surface area (TPSA) is 287 Å². The van der Waals surface area contributed by atoms with E-state index in [0.717, 1.165) is 17.7 Å². The molecule has 12 N–H and O–H groups in total. The average molecular weight is 830 g/mol. The van der Waals surface area contributed by atoms with Crippen LogP contribution in [0.25, 0.3) is 0 Å². The number of ether oxygens (including phenoxy) is 5. The van der Waals surface area contributed by atoms with Crippen LogP contribution in [0, 0.1) is 11.8 Å². The molecule has 12 atom stereocenters. The Bertz CT molecular complexity index is 1420. The largest absolute Gasteiger partial charge is 0.492 e. The van der Waals surface area contributed by atoms with Crippen molar-refractivity contribution in [3.05, 3.63) is 11.8 Å². The third-order valence-electron chi connectivity index (χ3n) is 11.1. The highest BCUT2D eigenvalue weighted by Crippen LogP contribution is 2.37. The molecule has 4 aliphatic rings. The number of rotatable bonds is 12. The van der Waals surface area contributed by atoms with Crippen molar-refractivity contribution in [3.63, 3.8) is 0 Å². The van der Waals surface area contributed by atoms with E-state index in [1.165, 1.54) is 14.0 Å². The smallest absolute Gasteiger partial charge is 0.410 e. The Kier molecular flexibility index (Phi) is 16.2. The number of aliphatic hydroxyl groups is 4. The van der Waals surface area contributed by atoms with Crippen LogP contribution >= 0.6 is 0 Å². The van der Waals surface area contributed by atoms with Crippen LogP contribution in [-0.4, -0.2) is 172 Å². The molecule has 1 unspecified atom stereocenters. The van der Waals surface area contributed by atoms with Gasteiger partial charge in [-0.2, -0.15) is 0 Å². The van der Waals surface area contributed by atoms with Gasteiger partial charge >= 0.3 is 12.2 Å². The summed E-state index contributed by atoms with van der Waals surface area (Å²) >= 11 is 0. The highest BCUT2D eigenvalue weighted by atomic mass is 16.7. The molecule has 19 heteroatoms. The minimum Gasteiger partial charge on any atom is -0.492 e. The molecular formula is C39H71N7O12. The van der Waals surface area contributed by atoms with Gasteiger partial charge in [0.15, 0.2) is 6.29 Å². The second-order valence-corrected chi connectivity index (χ2v) is 18.5. The normalized spacial score (nSPS) is 34.3. The van der Waals surface area contributed by atoms with Crippen molar-refractivity contribution < 1.29 is 58.5 Å². The first-order chi connectivity index (χ1) is 26.9. The molecule has 2 saturated heterocycles. The van der Waals surface area contributed by atoms with Crippen molar-refractivity contribution >= 4 is 18.1 Å². The fourth-order valence-electron chi connectivity index (χ4n) is 8.17. The molecule has 0 aromatic carbocycles. The number of nitrogens with zero attached hydrogens (tertiary/aromatic N) is 2. The summed E-state index contributed by atoms with van der Waals surface area (Å²) in [6, 6.07) is -3.59. The minimum absolute atomic E-state index is 0.0152. The van der Waals surface area contributed by atoms with Gasteiger partial charge in [0.05, 0.1) is 31.3 Å². The maximum Gasteiger partial charge on any atom is 0.410 e. The first-order valence-corrected chi connectivity index (χ1v) is 20.5. The van der Waals surface area contributed by atoms with Gasteiger partial charge < -0.3 is 81.7 Å². The van der Waals surface area contributed by atoms with Crippen LogP contribution in [0.1, 0.15) is 80.6 Å². The monoisotopic (exact) mass is 830 g/mol. The lowest BCUT2D eigenvalue weighted by Gasteiger charge is -2.51. The van der Waals surface area contributed by atoms with E-state index in [1.54, 1.807) is 25.7 Å². The number of piperidine rings is 1. The van der Waals surface area contributed by atoms with Crippen molar-refractivity contribution in [3.8, 4) is 0 Å². The quantitative estimate of drug-likeness (QED) is 0.117. The second kappa shape index (κ2) is 19.7. The van der Waals surface area contributed by atoms with Gasteiger partial charge in [-0.1, -0.05) is 0 Å². The second-order valence-electron chi connectivity index (χ2n) is 18.5. The maximum atomic E-state index is 13.1. The highest BCUT2D eigenvalue weighted by Gasteiger charge is 2.55. The van der Waals surface area contributed by atoms with Crippen molar-refractivity contribution in [1.82, 2.24) is 20.4 Å². The molecule has 0 aromatic rings. The Labute approximate surface area is 342 Å². The molecule has 0 radical (unpaired) electrons. The summed E-state index contributed by atoms with van der Waals surface area (Å²) in [5.74, 6) is -0.620. The summed E-state index contributed by atoms with van der Waals surface area (Å²) in [5.41, 5.74) is 15.8. The number of aliphatic hydroxyl groups excluding tert-OH is 3. The minimum atomic E-state index is -1.74. The first kappa shape index (κ1) is 47.8. The van der Waals surface area contributed by atoms with Crippen molar-refractivity contribution in [1.29, 1.82) is 0 Å². The Balaban J connectivity index is 1.47. The van der Waals surface area contributed by atoms with Gasteiger partial charge in [0.1, 0.15) is 47.0 Å². The number of amides is 3. The van der Waals surface area contributed by atoms with E-state index in [-0.39, 0.29) is 32.1 Å². The number of hydrogen-bond acceptors (Lipinski definition) is 16.